The number of rotatable bonds is 7. The number of alkyl halides is 3. The van der Waals surface area contributed by atoms with Crippen molar-refractivity contribution in [2.45, 2.75) is 25.8 Å². The van der Waals surface area contributed by atoms with Crippen molar-refractivity contribution in [2.24, 2.45) is 0 Å². The molecule has 0 amide bonds. The number of anilines is 1. The summed E-state index contributed by atoms with van der Waals surface area (Å²) in [6.45, 7) is 5.58. The van der Waals surface area contributed by atoms with Crippen molar-refractivity contribution in [2.75, 3.05) is 37.8 Å². The fourth-order valence-corrected chi connectivity index (χ4v) is 5.26. The van der Waals surface area contributed by atoms with E-state index in [2.05, 4.69) is 14.2 Å². The predicted octanol–water partition coefficient (Wildman–Crippen LogP) is 3.84. The van der Waals surface area contributed by atoms with E-state index in [1.165, 1.54) is 6.92 Å². The average Bonchev–Trinajstić information content (AvgIpc) is 3.25. The number of carbonyl (C=O) groups is 1. The minimum Gasteiger partial charge on any atom is -0.466 e. The topological polar surface area (TPSA) is 108 Å². The molecule has 14 heteroatoms. The molecule has 0 bridgehead atoms. The number of thiazole rings is 1. The number of benzene rings is 1. The van der Waals surface area contributed by atoms with E-state index < -0.39 is 33.8 Å². The highest BCUT2D eigenvalue weighted by Crippen LogP contribution is 2.42. The second-order valence-corrected chi connectivity index (χ2v) is 10.4. The van der Waals surface area contributed by atoms with Crippen molar-refractivity contribution in [3.05, 3.63) is 35.5 Å². The maximum absolute atomic E-state index is 13.2. The quantitative estimate of drug-likeness (QED) is 0.249. The van der Waals surface area contributed by atoms with Gasteiger partial charge in [-0.1, -0.05) is 0 Å². The van der Waals surface area contributed by atoms with Gasteiger partial charge in [-0.05, 0) is 37.6 Å². The van der Waals surface area contributed by atoms with Crippen molar-refractivity contribution >= 4 is 43.5 Å². The third-order valence-corrected chi connectivity index (χ3v) is 7.47. The number of pyridine rings is 1. The molecule has 0 atom stereocenters. The molecule has 3 heterocycles. The first-order chi connectivity index (χ1) is 17.0. The molecule has 0 saturated carbocycles. The molecule has 1 saturated heterocycles. The summed E-state index contributed by atoms with van der Waals surface area (Å²) >= 11 is 0.956. The van der Waals surface area contributed by atoms with Gasteiger partial charge in [-0.15, -0.1) is 11.3 Å². The van der Waals surface area contributed by atoms with Crippen molar-refractivity contribution in [3.8, 4) is 16.3 Å². The van der Waals surface area contributed by atoms with Crippen LogP contribution in [-0.2, 0) is 30.8 Å². The lowest BCUT2D eigenvalue weighted by atomic mass is 10.0. The largest absolute Gasteiger partial charge is 0.534 e. The van der Waals surface area contributed by atoms with Crippen LogP contribution in [0.3, 0.4) is 0 Å². The Kier molecular flexibility index (Phi) is 7.38. The van der Waals surface area contributed by atoms with Gasteiger partial charge in [0, 0.05) is 30.4 Å². The Bertz CT molecular complexity index is 1390. The highest BCUT2D eigenvalue weighted by atomic mass is 32.2. The van der Waals surface area contributed by atoms with Crippen LogP contribution in [0, 0.1) is 6.92 Å². The number of nitrogens with zero attached hydrogens (tertiary/aromatic N) is 3. The van der Waals surface area contributed by atoms with E-state index in [-0.39, 0.29) is 22.4 Å². The van der Waals surface area contributed by atoms with E-state index >= 15 is 0 Å². The Hall–Kier alpha value is -2.97. The number of aromatic nitrogens is 2. The first kappa shape index (κ1) is 26.1. The predicted molar refractivity (Wildman–Crippen MR) is 127 cm³/mol. The molecule has 0 aliphatic carbocycles. The SMILES string of the molecule is CCOC(=O)Cc1c(C)cc2nc(-c3ccnc(N4CCOCC4)c3)sc2c1OS(=O)(=O)C(F)(F)F. The van der Waals surface area contributed by atoms with Crippen LogP contribution in [0.4, 0.5) is 19.0 Å². The summed E-state index contributed by atoms with van der Waals surface area (Å²) in [4.78, 5) is 23.1. The molecule has 4 rings (SSSR count). The van der Waals surface area contributed by atoms with Crippen LogP contribution < -0.4 is 9.08 Å². The fraction of sp³-hybridized carbons (Fsp3) is 0.409. The average molecular weight is 546 g/mol. The van der Waals surface area contributed by atoms with Crippen molar-refractivity contribution in [3.63, 3.8) is 0 Å². The first-order valence-corrected chi connectivity index (χ1v) is 13.1. The normalized spacial score (nSPS) is 14.8. The molecule has 36 heavy (non-hydrogen) atoms. The number of ether oxygens (including phenoxy) is 2. The molecule has 0 N–H and O–H groups in total. The zero-order valence-corrected chi connectivity index (χ0v) is 20.9. The number of esters is 1. The molecule has 9 nitrogen and oxygen atoms in total. The Morgan fingerprint density at radius 1 is 1.25 bits per heavy atom. The third-order valence-electron chi connectivity index (χ3n) is 5.39. The molecule has 1 fully saturated rings. The van der Waals surface area contributed by atoms with Gasteiger partial charge in [0.2, 0.25) is 0 Å². The Morgan fingerprint density at radius 3 is 2.64 bits per heavy atom. The van der Waals surface area contributed by atoms with Crippen LogP contribution >= 0.6 is 11.3 Å². The van der Waals surface area contributed by atoms with Gasteiger partial charge < -0.3 is 18.6 Å². The highest BCUT2D eigenvalue weighted by Gasteiger charge is 2.49. The van der Waals surface area contributed by atoms with Crippen molar-refractivity contribution < 1.29 is 40.0 Å². The molecule has 0 unspecified atom stereocenters. The standard InChI is InChI=1S/C22H22F3N3O6S2/c1-3-33-18(29)12-15-13(2)10-16-20(19(15)34-36(30,31)22(23,24)25)35-21(27-16)14-4-5-26-17(11-14)28-6-8-32-9-7-28/h4-5,10-11H,3,6-9,12H2,1-2H3. The molecule has 3 aromatic rings. The van der Waals surface area contributed by atoms with Gasteiger partial charge in [-0.2, -0.15) is 21.6 Å². The maximum atomic E-state index is 13.2. The van der Waals surface area contributed by atoms with Gasteiger partial charge in [0.25, 0.3) is 0 Å². The summed E-state index contributed by atoms with van der Waals surface area (Å²) in [7, 11) is -6.01. The van der Waals surface area contributed by atoms with E-state index in [1.807, 2.05) is 4.90 Å². The van der Waals surface area contributed by atoms with E-state index in [9.17, 15) is 26.4 Å². The molecule has 0 radical (unpaired) electrons. The Morgan fingerprint density at radius 2 is 1.97 bits per heavy atom. The Balaban J connectivity index is 1.83. The maximum Gasteiger partial charge on any atom is 0.534 e. The van der Waals surface area contributed by atoms with Crippen LogP contribution in [0.2, 0.25) is 0 Å². The highest BCUT2D eigenvalue weighted by molar-refractivity contribution is 7.88. The third kappa shape index (κ3) is 5.39. The number of hydrogen-bond donors (Lipinski definition) is 0. The summed E-state index contributed by atoms with van der Waals surface area (Å²) < 4.78 is 78.4. The number of morpholine rings is 1. The van der Waals surface area contributed by atoms with Crippen LogP contribution in [0.25, 0.3) is 20.8 Å². The molecular formula is C22H22F3N3O6S2. The summed E-state index contributed by atoms with van der Waals surface area (Å²) in [5.41, 5.74) is -4.47. The van der Waals surface area contributed by atoms with Crippen molar-refractivity contribution in [1.82, 2.24) is 9.97 Å². The van der Waals surface area contributed by atoms with Crippen LogP contribution in [-0.4, -0.2) is 62.8 Å². The van der Waals surface area contributed by atoms with Gasteiger partial charge in [0.05, 0.1) is 36.5 Å². The summed E-state index contributed by atoms with van der Waals surface area (Å²) in [5, 5.41) is 0.420. The molecular weight excluding hydrogens is 523 g/mol. The number of aryl methyl sites for hydroxylation is 1. The zero-order chi connectivity index (χ0) is 26.1. The minimum absolute atomic E-state index is 0.0206. The minimum atomic E-state index is -6.01. The van der Waals surface area contributed by atoms with Crippen LogP contribution in [0.5, 0.6) is 5.75 Å². The van der Waals surface area contributed by atoms with Gasteiger partial charge in [0.1, 0.15) is 10.8 Å². The zero-order valence-electron chi connectivity index (χ0n) is 19.3. The molecule has 1 aliphatic heterocycles. The number of fused-ring (bicyclic) bond motifs is 1. The van der Waals surface area contributed by atoms with Crippen LogP contribution in [0.1, 0.15) is 18.1 Å². The smallest absolute Gasteiger partial charge is 0.466 e. The lowest BCUT2D eigenvalue weighted by Crippen LogP contribution is -2.36. The first-order valence-electron chi connectivity index (χ1n) is 10.9. The Labute approximate surface area is 208 Å². The monoisotopic (exact) mass is 545 g/mol. The van der Waals surface area contributed by atoms with Gasteiger partial charge in [-0.25, -0.2) is 9.97 Å². The molecule has 1 aliphatic rings. The van der Waals surface area contributed by atoms with Crippen LogP contribution in [0.15, 0.2) is 24.4 Å². The van der Waals surface area contributed by atoms with E-state index in [4.69, 9.17) is 9.47 Å². The van der Waals surface area contributed by atoms with Gasteiger partial charge >= 0.3 is 21.6 Å². The van der Waals surface area contributed by atoms with E-state index in [0.717, 1.165) is 11.3 Å². The number of carbonyl (C=O) groups excluding carboxylic acids is 1. The molecule has 1 aromatic carbocycles. The van der Waals surface area contributed by atoms with Gasteiger partial charge in [-0.3, -0.25) is 4.79 Å². The second kappa shape index (κ2) is 10.2. The van der Waals surface area contributed by atoms with E-state index in [1.54, 1.807) is 31.3 Å². The number of halogens is 3. The van der Waals surface area contributed by atoms with Gasteiger partial charge in [0.15, 0.2) is 5.75 Å². The lowest BCUT2D eigenvalue weighted by Gasteiger charge is -2.27. The molecule has 0 spiro atoms. The molecule has 2 aromatic heterocycles. The summed E-state index contributed by atoms with van der Waals surface area (Å²) in [6, 6.07) is 5.06. The summed E-state index contributed by atoms with van der Waals surface area (Å²) in [6.07, 6.45) is 1.12. The lowest BCUT2D eigenvalue weighted by molar-refractivity contribution is -0.142. The fourth-order valence-electron chi connectivity index (χ4n) is 3.66. The van der Waals surface area contributed by atoms with E-state index in [0.29, 0.717) is 48.3 Å². The second-order valence-electron chi connectivity index (χ2n) is 7.84. The summed E-state index contributed by atoms with van der Waals surface area (Å²) in [5.74, 6) is -0.629. The molecule has 194 valence electrons. The number of hydrogen-bond acceptors (Lipinski definition) is 10. The van der Waals surface area contributed by atoms with Crippen molar-refractivity contribution in [1.29, 1.82) is 0 Å².